The Bertz CT molecular complexity index is 337. The lowest BCUT2D eigenvalue weighted by molar-refractivity contribution is 0.0924. The second kappa shape index (κ2) is 6.22. The maximum absolute atomic E-state index is 11.6. The van der Waals surface area contributed by atoms with Crippen LogP contribution in [0.2, 0.25) is 0 Å². The van der Waals surface area contributed by atoms with E-state index in [1.54, 1.807) is 7.11 Å². The molecule has 0 bridgehead atoms. The van der Waals surface area contributed by atoms with Gasteiger partial charge in [-0.15, -0.1) is 5.10 Å². The first-order chi connectivity index (χ1) is 7.67. The number of H-pyrrole nitrogens is 1. The van der Waals surface area contributed by atoms with Crippen LogP contribution in [0.3, 0.4) is 0 Å². The third-order valence-corrected chi connectivity index (χ3v) is 2.13. The van der Waals surface area contributed by atoms with E-state index in [0.29, 0.717) is 13.2 Å². The fourth-order valence-corrected chi connectivity index (χ4v) is 1.24. The van der Waals surface area contributed by atoms with Crippen molar-refractivity contribution in [1.82, 2.24) is 20.5 Å². The lowest BCUT2D eigenvalue weighted by atomic mass is 10.2. The zero-order valence-electron chi connectivity index (χ0n) is 9.91. The summed E-state index contributed by atoms with van der Waals surface area (Å²) in [5, 5.41) is 9.29. The van der Waals surface area contributed by atoms with Crippen LogP contribution >= 0.6 is 0 Å². The molecule has 0 aromatic carbocycles. The molecule has 0 radical (unpaired) electrons. The number of aryl methyl sites for hydroxylation is 1. The molecular formula is C10H18N4O2. The average Bonchev–Trinajstić information content (AvgIpc) is 2.75. The number of carbonyl (C=O) groups excluding carboxylic acids is 1. The number of hydrogen-bond donors (Lipinski definition) is 2. The highest BCUT2D eigenvalue weighted by Gasteiger charge is 2.12. The largest absolute Gasteiger partial charge is 0.384 e. The van der Waals surface area contributed by atoms with E-state index < -0.39 is 0 Å². The molecule has 0 aliphatic heterocycles. The van der Waals surface area contributed by atoms with Crippen LogP contribution in [0.25, 0.3) is 0 Å². The molecule has 0 spiro atoms. The molecule has 0 fully saturated rings. The van der Waals surface area contributed by atoms with E-state index in [-0.39, 0.29) is 17.6 Å². The van der Waals surface area contributed by atoms with Crippen LogP contribution in [-0.2, 0) is 11.2 Å². The van der Waals surface area contributed by atoms with Crippen LogP contribution in [0.1, 0.15) is 30.3 Å². The summed E-state index contributed by atoms with van der Waals surface area (Å²) in [5.74, 6) is 0.939. The van der Waals surface area contributed by atoms with E-state index in [2.05, 4.69) is 20.5 Å². The summed E-state index contributed by atoms with van der Waals surface area (Å²) < 4.78 is 4.97. The van der Waals surface area contributed by atoms with Crippen molar-refractivity contribution in [3.63, 3.8) is 0 Å². The molecule has 1 rings (SSSR count). The van der Waals surface area contributed by atoms with E-state index in [9.17, 15) is 4.79 Å². The molecule has 0 saturated carbocycles. The van der Waals surface area contributed by atoms with Gasteiger partial charge in [0.2, 0.25) is 5.82 Å². The van der Waals surface area contributed by atoms with Gasteiger partial charge < -0.3 is 10.1 Å². The quantitative estimate of drug-likeness (QED) is 0.735. The Morgan fingerprint density at radius 1 is 1.62 bits per heavy atom. The predicted molar refractivity (Wildman–Crippen MR) is 59.1 cm³/mol. The molecule has 1 atom stereocenters. The second-order valence-corrected chi connectivity index (χ2v) is 3.73. The summed E-state index contributed by atoms with van der Waals surface area (Å²) in [6, 6.07) is 0. The Labute approximate surface area is 94.8 Å². The number of hydrogen-bond acceptors (Lipinski definition) is 4. The SMILES string of the molecule is CCc1nc(C(=O)NCC(C)COC)n[nH]1. The number of nitrogens with zero attached hydrogens (tertiary/aromatic N) is 2. The van der Waals surface area contributed by atoms with Crippen molar-refractivity contribution >= 4 is 5.91 Å². The first-order valence-electron chi connectivity index (χ1n) is 5.35. The van der Waals surface area contributed by atoms with Gasteiger partial charge in [-0.05, 0) is 5.92 Å². The maximum atomic E-state index is 11.6. The molecule has 2 N–H and O–H groups in total. The monoisotopic (exact) mass is 226 g/mol. The van der Waals surface area contributed by atoms with E-state index in [0.717, 1.165) is 12.2 Å². The molecule has 1 amide bonds. The molecule has 90 valence electrons. The lowest BCUT2D eigenvalue weighted by Gasteiger charge is -2.09. The highest BCUT2D eigenvalue weighted by atomic mass is 16.5. The van der Waals surface area contributed by atoms with Gasteiger partial charge in [-0.1, -0.05) is 13.8 Å². The number of aromatic nitrogens is 3. The Morgan fingerprint density at radius 2 is 2.38 bits per heavy atom. The van der Waals surface area contributed by atoms with E-state index >= 15 is 0 Å². The van der Waals surface area contributed by atoms with Crippen molar-refractivity contribution in [1.29, 1.82) is 0 Å². The molecule has 1 unspecified atom stereocenters. The topological polar surface area (TPSA) is 79.9 Å². The van der Waals surface area contributed by atoms with Crippen molar-refractivity contribution in [2.45, 2.75) is 20.3 Å². The molecule has 1 aromatic rings. The van der Waals surface area contributed by atoms with Crippen LogP contribution in [0.15, 0.2) is 0 Å². The Hall–Kier alpha value is -1.43. The number of carbonyl (C=O) groups is 1. The van der Waals surface area contributed by atoms with Gasteiger partial charge >= 0.3 is 0 Å². The van der Waals surface area contributed by atoms with Crippen molar-refractivity contribution in [2.24, 2.45) is 5.92 Å². The molecule has 6 nitrogen and oxygen atoms in total. The molecule has 6 heteroatoms. The predicted octanol–water partition coefficient (Wildman–Crippen LogP) is 0.379. The van der Waals surface area contributed by atoms with Crippen LogP contribution in [0.4, 0.5) is 0 Å². The van der Waals surface area contributed by atoms with Crippen LogP contribution < -0.4 is 5.32 Å². The number of nitrogens with one attached hydrogen (secondary N) is 2. The minimum absolute atomic E-state index is 0.196. The standard InChI is InChI=1S/C10H18N4O2/c1-4-8-12-9(14-13-8)10(15)11-5-7(2)6-16-3/h7H,4-6H2,1-3H3,(H,11,15)(H,12,13,14). The maximum Gasteiger partial charge on any atom is 0.290 e. The molecular weight excluding hydrogens is 208 g/mol. The first kappa shape index (κ1) is 12.6. The molecule has 0 aliphatic rings. The highest BCUT2D eigenvalue weighted by molar-refractivity contribution is 5.90. The normalized spacial score (nSPS) is 12.4. The smallest absolute Gasteiger partial charge is 0.290 e. The first-order valence-corrected chi connectivity index (χ1v) is 5.35. The van der Waals surface area contributed by atoms with Gasteiger partial charge in [0.25, 0.3) is 5.91 Å². The summed E-state index contributed by atoms with van der Waals surface area (Å²) in [6.07, 6.45) is 0.736. The van der Waals surface area contributed by atoms with Gasteiger partial charge in [-0.2, -0.15) is 0 Å². The number of ether oxygens (including phenoxy) is 1. The summed E-state index contributed by atoms with van der Waals surface area (Å²) in [7, 11) is 1.64. The fraction of sp³-hybridized carbons (Fsp3) is 0.700. The van der Waals surface area contributed by atoms with E-state index in [4.69, 9.17) is 4.74 Å². The minimum atomic E-state index is -0.251. The van der Waals surface area contributed by atoms with Crippen LogP contribution in [0, 0.1) is 5.92 Å². The Kier molecular flexibility index (Phi) is 4.91. The molecule has 1 heterocycles. The second-order valence-electron chi connectivity index (χ2n) is 3.73. The molecule has 16 heavy (non-hydrogen) atoms. The van der Waals surface area contributed by atoms with Crippen molar-refractivity contribution in [3.8, 4) is 0 Å². The van der Waals surface area contributed by atoms with Crippen molar-refractivity contribution in [2.75, 3.05) is 20.3 Å². The van der Waals surface area contributed by atoms with Gasteiger partial charge in [0, 0.05) is 20.1 Å². The summed E-state index contributed by atoms with van der Waals surface area (Å²) in [4.78, 5) is 15.6. The summed E-state index contributed by atoms with van der Waals surface area (Å²) >= 11 is 0. The third kappa shape index (κ3) is 3.62. The highest BCUT2D eigenvalue weighted by Crippen LogP contribution is 1.96. The third-order valence-electron chi connectivity index (χ3n) is 2.13. The number of methoxy groups -OCH3 is 1. The fourth-order valence-electron chi connectivity index (χ4n) is 1.24. The van der Waals surface area contributed by atoms with Crippen LogP contribution in [0.5, 0.6) is 0 Å². The average molecular weight is 226 g/mol. The zero-order chi connectivity index (χ0) is 12.0. The molecule has 0 aliphatic carbocycles. The molecule has 0 saturated heterocycles. The van der Waals surface area contributed by atoms with Gasteiger partial charge in [-0.3, -0.25) is 9.89 Å². The minimum Gasteiger partial charge on any atom is -0.384 e. The molecule has 1 aromatic heterocycles. The number of aromatic amines is 1. The van der Waals surface area contributed by atoms with Gasteiger partial charge in [0.1, 0.15) is 5.82 Å². The van der Waals surface area contributed by atoms with Crippen molar-refractivity contribution in [3.05, 3.63) is 11.6 Å². The number of rotatable bonds is 6. The van der Waals surface area contributed by atoms with Crippen molar-refractivity contribution < 1.29 is 9.53 Å². The van der Waals surface area contributed by atoms with E-state index in [1.165, 1.54) is 0 Å². The van der Waals surface area contributed by atoms with Crippen LogP contribution in [-0.4, -0.2) is 41.3 Å². The Morgan fingerprint density at radius 3 is 2.94 bits per heavy atom. The summed E-state index contributed by atoms with van der Waals surface area (Å²) in [6.45, 7) is 5.12. The van der Waals surface area contributed by atoms with Gasteiger partial charge in [0.15, 0.2) is 0 Å². The summed E-state index contributed by atoms with van der Waals surface area (Å²) in [5.41, 5.74) is 0. The lowest BCUT2D eigenvalue weighted by Crippen LogP contribution is -2.30. The van der Waals surface area contributed by atoms with Gasteiger partial charge in [-0.25, -0.2) is 4.98 Å². The number of amides is 1. The van der Waals surface area contributed by atoms with Gasteiger partial charge in [0.05, 0.1) is 6.61 Å². The Balaban J connectivity index is 2.40. The zero-order valence-corrected chi connectivity index (χ0v) is 9.91. The van der Waals surface area contributed by atoms with E-state index in [1.807, 2.05) is 13.8 Å².